The first kappa shape index (κ1) is 19.3. The Balaban J connectivity index is 1.67. The van der Waals surface area contributed by atoms with Crippen LogP contribution >= 0.6 is 15.9 Å². The van der Waals surface area contributed by atoms with Crippen molar-refractivity contribution in [2.75, 3.05) is 17.2 Å². The van der Waals surface area contributed by atoms with Crippen molar-refractivity contribution in [2.24, 2.45) is 0 Å². The van der Waals surface area contributed by atoms with Gasteiger partial charge >= 0.3 is 0 Å². The molecule has 2 N–H and O–H groups in total. The van der Waals surface area contributed by atoms with Gasteiger partial charge in [0.15, 0.2) is 0 Å². The van der Waals surface area contributed by atoms with Gasteiger partial charge in [-0.2, -0.15) is 5.26 Å². The number of carbonyl (C=O) groups is 4. The van der Waals surface area contributed by atoms with Crippen molar-refractivity contribution < 1.29 is 19.2 Å². The summed E-state index contributed by atoms with van der Waals surface area (Å²) < 4.78 is 0.661. The van der Waals surface area contributed by atoms with E-state index in [4.69, 9.17) is 5.26 Å². The van der Waals surface area contributed by atoms with Crippen LogP contribution < -0.4 is 10.6 Å². The quantitative estimate of drug-likeness (QED) is 0.692. The normalized spacial score (nSPS) is 12.4. The van der Waals surface area contributed by atoms with Crippen LogP contribution in [0.25, 0.3) is 0 Å². The van der Waals surface area contributed by atoms with Crippen LogP contribution in [0.2, 0.25) is 0 Å². The van der Waals surface area contributed by atoms with Crippen LogP contribution in [0, 0.1) is 11.3 Å². The SMILES string of the molecule is N#CCC(=O)Nc1cccc(NC(=O)CN2C(=O)c3ccc(Br)cc3C2=O)c1. The van der Waals surface area contributed by atoms with Gasteiger partial charge in [0.25, 0.3) is 11.8 Å². The van der Waals surface area contributed by atoms with Gasteiger partial charge in [0.1, 0.15) is 13.0 Å². The van der Waals surface area contributed by atoms with Crippen molar-refractivity contribution in [2.45, 2.75) is 6.42 Å². The van der Waals surface area contributed by atoms with Crippen LogP contribution in [-0.4, -0.2) is 35.1 Å². The Bertz CT molecular complexity index is 1040. The van der Waals surface area contributed by atoms with E-state index in [9.17, 15) is 19.2 Å². The molecule has 2 aromatic carbocycles. The third kappa shape index (κ3) is 4.07. The number of benzene rings is 2. The summed E-state index contributed by atoms with van der Waals surface area (Å²) in [5.74, 6) is -2.09. The fourth-order valence-electron chi connectivity index (χ4n) is 2.70. The zero-order chi connectivity index (χ0) is 20.3. The highest BCUT2D eigenvalue weighted by Crippen LogP contribution is 2.26. The molecule has 2 aromatic rings. The molecule has 140 valence electrons. The zero-order valence-electron chi connectivity index (χ0n) is 14.4. The van der Waals surface area contributed by atoms with E-state index in [1.54, 1.807) is 36.4 Å². The highest BCUT2D eigenvalue weighted by atomic mass is 79.9. The minimum absolute atomic E-state index is 0.245. The number of imide groups is 1. The second kappa shape index (κ2) is 8.02. The fraction of sp³-hybridized carbons (Fsp3) is 0.105. The Morgan fingerprint density at radius 1 is 0.964 bits per heavy atom. The summed E-state index contributed by atoms with van der Waals surface area (Å²) in [6.45, 7) is -0.436. The summed E-state index contributed by atoms with van der Waals surface area (Å²) in [4.78, 5) is 49.5. The number of rotatable bonds is 5. The molecule has 9 heteroatoms. The number of nitrogens with one attached hydrogen (secondary N) is 2. The molecule has 0 bridgehead atoms. The van der Waals surface area contributed by atoms with Crippen molar-refractivity contribution in [1.82, 2.24) is 4.90 Å². The van der Waals surface area contributed by atoms with Crippen LogP contribution in [0.1, 0.15) is 27.1 Å². The molecular weight excluding hydrogens is 428 g/mol. The van der Waals surface area contributed by atoms with Crippen LogP contribution in [0.4, 0.5) is 11.4 Å². The minimum Gasteiger partial charge on any atom is -0.325 e. The minimum atomic E-state index is -0.561. The van der Waals surface area contributed by atoms with Gasteiger partial charge in [0.05, 0.1) is 17.2 Å². The standard InChI is InChI=1S/C19H13BrN4O4/c20-11-4-5-14-15(8-11)19(28)24(18(14)27)10-17(26)23-13-3-1-2-12(9-13)22-16(25)6-7-21/h1-5,8-9H,6,10H2,(H,22,25)(H,23,26). The Labute approximate surface area is 168 Å². The van der Waals surface area contributed by atoms with Crippen LogP contribution in [-0.2, 0) is 9.59 Å². The number of anilines is 2. The predicted octanol–water partition coefficient (Wildman–Crippen LogP) is 2.54. The molecule has 0 saturated carbocycles. The van der Waals surface area contributed by atoms with Gasteiger partial charge in [0, 0.05) is 15.8 Å². The summed E-state index contributed by atoms with van der Waals surface area (Å²) in [5.41, 5.74) is 1.28. The number of nitriles is 1. The van der Waals surface area contributed by atoms with Gasteiger partial charge in [-0.1, -0.05) is 22.0 Å². The number of hydrogen-bond donors (Lipinski definition) is 2. The number of halogens is 1. The molecule has 0 spiro atoms. The van der Waals surface area contributed by atoms with E-state index in [1.807, 2.05) is 0 Å². The second-order valence-electron chi connectivity index (χ2n) is 5.90. The number of amides is 4. The van der Waals surface area contributed by atoms with Gasteiger partial charge in [-0.15, -0.1) is 0 Å². The van der Waals surface area contributed by atoms with E-state index in [2.05, 4.69) is 26.6 Å². The van der Waals surface area contributed by atoms with E-state index in [1.165, 1.54) is 12.1 Å². The van der Waals surface area contributed by atoms with Crippen LogP contribution in [0.5, 0.6) is 0 Å². The molecule has 1 aliphatic rings. The maximum Gasteiger partial charge on any atom is 0.262 e. The van der Waals surface area contributed by atoms with Crippen molar-refractivity contribution in [3.8, 4) is 6.07 Å². The lowest BCUT2D eigenvalue weighted by Crippen LogP contribution is -2.37. The van der Waals surface area contributed by atoms with E-state index < -0.39 is 30.2 Å². The molecule has 0 aromatic heterocycles. The van der Waals surface area contributed by atoms with E-state index in [-0.39, 0.29) is 17.5 Å². The molecule has 4 amide bonds. The average molecular weight is 441 g/mol. The first-order valence-corrected chi connectivity index (χ1v) is 8.91. The highest BCUT2D eigenvalue weighted by Gasteiger charge is 2.36. The van der Waals surface area contributed by atoms with Crippen LogP contribution in [0.3, 0.4) is 0 Å². The molecule has 28 heavy (non-hydrogen) atoms. The van der Waals surface area contributed by atoms with Gasteiger partial charge in [-0.3, -0.25) is 24.1 Å². The Morgan fingerprint density at radius 3 is 2.29 bits per heavy atom. The molecule has 0 unspecified atom stereocenters. The Hall–Kier alpha value is -3.51. The lowest BCUT2D eigenvalue weighted by Gasteiger charge is -2.14. The first-order chi connectivity index (χ1) is 13.4. The van der Waals surface area contributed by atoms with Gasteiger partial charge < -0.3 is 10.6 Å². The topological polar surface area (TPSA) is 119 Å². The average Bonchev–Trinajstić information content (AvgIpc) is 2.86. The van der Waals surface area contributed by atoms with Crippen molar-refractivity contribution in [1.29, 1.82) is 5.26 Å². The molecule has 1 aliphatic heterocycles. The molecule has 0 atom stereocenters. The Kier molecular flexibility index (Phi) is 5.52. The van der Waals surface area contributed by atoms with Gasteiger partial charge in [-0.25, -0.2) is 0 Å². The van der Waals surface area contributed by atoms with Crippen molar-refractivity contribution in [3.63, 3.8) is 0 Å². The number of hydrogen-bond acceptors (Lipinski definition) is 5. The molecule has 0 fully saturated rings. The number of nitrogens with zero attached hydrogens (tertiary/aromatic N) is 2. The second-order valence-corrected chi connectivity index (χ2v) is 6.81. The molecule has 0 aliphatic carbocycles. The summed E-state index contributed by atoms with van der Waals surface area (Å²) in [7, 11) is 0. The third-order valence-corrected chi connectivity index (χ3v) is 4.40. The lowest BCUT2D eigenvalue weighted by molar-refractivity contribution is -0.116. The maximum absolute atomic E-state index is 12.4. The molecule has 8 nitrogen and oxygen atoms in total. The van der Waals surface area contributed by atoms with E-state index in [0.29, 0.717) is 15.8 Å². The monoisotopic (exact) mass is 440 g/mol. The largest absolute Gasteiger partial charge is 0.325 e. The number of fused-ring (bicyclic) bond motifs is 1. The predicted molar refractivity (Wildman–Crippen MR) is 103 cm³/mol. The molecule has 3 rings (SSSR count). The summed E-state index contributed by atoms with van der Waals surface area (Å²) in [5, 5.41) is 13.6. The van der Waals surface area contributed by atoms with E-state index in [0.717, 1.165) is 4.90 Å². The molecular formula is C19H13BrN4O4. The molecule has 1 heterocycles. The van der Waals surface area contributed by atoms with Crippen molar-refractivity contribution in [3.05, 3.63) is 58.1 Å². The molecule has 0 radical (unpaired) electrons. The zero-order valence-corrected chi connectivity index (χ0v) is 15.9. The summed E-state index contributed by atoms with van der Waals surface area (Å²) in [6, 6.07) is 12.8. The fourth-order valence-corrected chi connectivity index (χ4v) is 3.06. The van der Waals surface area contributed by atoms with E-state index >= 15 is 0 Å². The van der Waals surface area contributed by atoms with Gasteiger partial charge in [-0.05, 0) is 36.4 Å². The molecule has 0 saturated heterocycles. The number of carbonyl (C=O) groups excluding carboxylic acids is 4. The maximum atomic E-state index is 12.4. The highest BCUT2D eigenvalue weighted by molar-refractivity contribution is 9.10. The van der Waals surface area contributed by atoms with Gasteiger partial charge in [0.2, 0.25) is 11.8 Å². The summed E-state index contributed by atoms with van der Waals surface area (Å²) in [6.07, 6.45) is -0.285. The summed E-state index contributed by atoms with van der Waals surface area (Å²) >= 11 is 3.25. The Morgan fingerprint density at radius 2 is 1.61 bits per heavy atom. The smallest absolute Gasteiger partial charge is 0.262 e. The third-order valence-electron chi connectivity index (χ3n) is 3.90. The van der Waals surface area contributed by atoms with Crippen LogP contribution in [0.15, 0.2) is 46.9 Å². The van der Waals surface area contributed by atoms with Crippen molar-refractivity contribution >= 4 is 50.9 Å². The first-order valence-electron chi connectivity index (χ1n) is 8.11. The lowest BCUT2D eigenvalue weighted by atomic mass is 10.1.